The second kappa shape index (κ2) is 6.62. The predicted molar refractivity (Wildman–Crippen MR) is 87.2 cm³/mol. The first-order chi connectivity index (χ1) is 11.2. The van der Waals surface area contributed by atoms with E-state index < -0.39 is 0 Å². The Balaban J connectivity index is 1.75. The number of furan rings is 1. The van der Waals surface area contributed by atoms with Crippen molar-refractivity contribution < 1.29 is 4.42 Å². The van der Waals surface area contributed by atoms with Gasteiger partial charge in [-0.25, -0.2) is 4.98 Å². The van der Waals surface area contributed by atoms with Crippen LogP contribution in [0.2, 0.25) is 0 Å². The van der Waals surface area contributed by atoms with Gasteiger partial charge in [-0.3, -0.25) is 0 Å². The Morgan fingerprint density at radius 1 is 1.17 bits per heavy atom. The first-order valence-electron chi connectivity index (χ1n) is 7.12. The van der Waals surface area contributed by atoms with Crippen LogP contribution in [0.5, 0.6) is 0 Å². The molecule has 0 saturated carbocycles. The van der Waals surface area contributed by atoms with Crippen LogP contribution in [0.25, 0.3) is 0 Å². The molecule has 23 heavy (non-hydrogen) atoms. The zero-order chi connectivity index (χ0) is 16.1. The van der Waals surface area contributed by atoms with Gasteiger partial charge in [0.25, 0.3) is 0 Å². The summed E-state index contributed by atoms with van der Waals surface area (Å²) in [5, 5.41) is 15.3. The van der Waals surface area contributed by atoms with Crippen molar-refractivity contribution in [3.63, 3.8) is 0 Å². The molecule has 0 radical (unpaired) electrons. The normalized spacial score (nSPS) is 10.1. The van der Waals surface area contributed by atoms with Gasteiger partial charge in [0.1, 0.15) is 11.6 Å². The second-order valence-corrected chi connectivity index (χ2v) is 4.97. The van der Waals surface area contributed by atoms with Gasteiger partial charge in [-0.1, -0.05) is 6.07 Å². The highest BCUT2D eigenvalue weighted by atomic mass is 16.3. The third-order valence-corrected chi connectivity index (χ3v) is 3.12. The van der Waals surface area contributed by atoms with Gasteiger partial charge in [-0.05, 0) is 37.3 Å². The molecule has 3 aromatic rings. The molecule has 2 N–H and O–H groups in total. The van der Waals surface area contributed by atoms with Gasteiger partial charge in [-0.2, -0.15) is 10.2 Å². The van der Waals surface area contributed by atoms with E-state index in [9.17, 15) is 0 Å². The lowest BCUT2D eigenvalue weighted by Crippen LogP contribution is -2.05. The molecule has 0 aliphatic heterocycles. The lowest BCUT2D eigenvalue weighted by atomic mass is 10.2. The van der Waals surface area contributed by atoms with E-state index in [1.165, 1.54) is 0 Å². The summed E-state index contributed by atoms with van der Waals surface area (Å²) in [5.74, 6) is 1.99. The Bertz CT molecular complexity index is 836. The minimum absolute atomic E-state index is 0.514. The van der Waals surface area contributed by atoms with Crippen LogP contribution in [-0.4, -0.2) is 9.97 Å². The highest BCUT2D eigenvalue weighted by molar-refractivity contribution is 5.59. The molecule has 6 heteroatoms. The molecule has 6 nitrogen and oxygen atoms in total. The van der Waals surface area contributed by atoms with Crippen LogP contribution in [0, 0.1) is 18.3 Å². The number of rotatable bonds is 5. The van der Waals surface area contributed by atoms with Crippen molar-refractivity contribution in [2.45, 2.75) is 13.5 Å². The van der Waals surface area contributed by atoms with Crippen molar-refractivity contribution in [2.75, 3.05) is 10.6 Å². The molecule has 0 unspecified atom stereocenters. The van der Waals surface area contributed by atoms with Crippen molar-refractivity contribution in [3.8, 4) is 6.07 Å². The molecule has 0 aliphatic carbocycles. The monoisotopic (exact) mass is 305 g/mol. The third-order valence-electron chi connectivity index (χ3n) is 3.12. The van der Waals surface area contributed by atoms with E-state index in [0.29, 0.717) is 23.9 Å². The van der Waals surface area contributed by atoms with E-state index in [2.05, 4.69) is 26.7 Å². The predicted octanol–water partition coefficient (Wildman–Crippen LogP) is 3.61. The molecule has 2 aromatic heterocycles. The fourth-order valence-corrected chi connectivity index (χ4v) is 2.11. The molecule has 0 spiro atoms. The first-order valence-corrected chi connectivity index (χ1v) is 7.12. The maximum Gasteiger partial charge on any atom is 0.225 e. The fraction of sp³-hybridized carbons (Fsp3) is 0.118. The summed E-state index contributed by atoms with van der Waals surface area (Å²) in [6.07, 6.45) is 1.63. The second-order valence-electron chi connectivity index (χ2n) is 4.97. The van der Waals surface area contributed by atoms with Gasteiger partial charge in [-0.15, -0.1) is 0 Å². The number of anilines is 3. The van der Waals surface area contributed by atoms with Crippen LogP contribution in [0.15, 0.2) is 53.1 Å². The third kappa shape index (κ3) is 3.86. The molecule has 0 aliphatic rings. The fourth-order valence-electron chi connectivity index (χ4n) is 2.11. The topological polar surface area (TPSA) is 86.8 Å². The van der Waals surface area contributed by atoms with E-state index in [1.54, 1.807) is 18.4 Å². The minimum atomic E-state index is 0.514. The van der Waals surface area contributed by atoms with Gasteiger partial charge in [0.15, 0.2) is 0 Å². The van der Waals surface area contributed by atoms with E-state index in [4.69, 9.17) is 9.68 Å². The molecule has 0 saturated heterocycles. The maximum absolute atomic E-state index is 8.95. The van der Waals surface area contributed by atoms with E-state index in [0.717, 1.165) is 17.1 Å². The van der Waals surface area contributed by atoms with Crippen LogP contribution in [-0.2, 0) is 6.54 Å². The number of hydrogen-bond donors (Lipinski definition) is 2. The van der Waals surface area contributed by atoms with Crippen molar-refractivity contribution in [3.05, 3.63) is 65.7 Å². The number of nitrogens with zero attached hydrogens (tertiary/aromatic N) is 3. The number of nitriles is 1. The Labute approximate surface area is 133 Å². The number of hydrogen-bond acceptors (Lipinski definition) is 6. The van der Waals surface area contributed by atoms with Gasteiger partial charge < -0.3 is 15.1 Å². The summed E-state index contributed by atoms with van der Waals surface area (Å²) in [7, 11) is 0. The van der Waals surface area contributed by atoms with E-state index in [1.807, 2.05) is 37.3 Å². The summed E-state index contributed by atoms with van der Waals surface area (Å²) < 4.78 is 5.27. The zero-order valence-corrected chi connectivity index (χ0v) is 12.6. The lowest BCUT2D eigenvalue weighted by Gasteiger charge is -2.09. The quantitative estimate of drug-likeness (QED) is 0.749. The molecular weight excluding hydrogens is 290 g/mol. The zero-order valence-electron chi connectivity index (χ0n) is 12.6. The molecule has 114 valence electrons. The van der Waals surface area contributed by atoms with Crippen LogP contribution < -0.4 is 10.6 Å². The minimum Gasteiger partial charge on any atom is -0.467 e. The van der Waals surface area contributed by atoms with Crippen molar-refractivity contribution in [1.29, 1.82) is 5.26 Å². The molecule has 0 amide bonds. The highest BCUT2D eigenvalue weighted by Gasteiger charge is 2.04. The smallest absolute Gasteiger partial charge is 0.225 e. The van der Waals surface area contributed by atoms with Gasteiger partial charge in [0.05, 0.1) is 24.4 Å². The molecule has 0 bridgehead atoms. The lowest BCUT2D eigenvalue weighted by molar-refractivity contribution is 0.517. The van der Waals surface area contributed by atoms with Crippen molar-refractivity contribution in [1.82, 2.24) is 9.97 Å². The standard InChI is InChI=1S/C17H15N5O/c1-12-8-16(21-14-5-2-4-13(9-14)10-18)22-17(20-12)19-11-15-6-3-7-23-15/h2-9H,11H2,1H3,(H2,19,20,21,22). The van der Waals surface area contributed by atoms with Crippen molar-refractivity contribution >= 4 is 17.5 Å². The number of aryl methyl sites for hydroxylation is 1. The number of aromatic nitrogens is 2. The van der Waals surface area contributed by atoms with E-state index in [-0.39, 0.29) is 0 Å². The van der Waals surface area contributed by atoms with Crippen LogP contribution in [0.3, 0.4) is 0 Å². The maximum atomic E-state index is 8.95. The summed E-state index contributed by atoms with van der Waals surface area (Å²) in [6, 6.07) is 14.9. The Morgan fingerprint density at radius 3 is 2.87 bits per heavy atom. The average molecular weight is 305 g/mol. The Morgan fingerprint density at radius 2 is 2.09 bits per heavy atom. The highest BCUT2D eigenvalue weighted by Crippen LogP contribution is 2.18. The summed E-state index contributed by atoms with van der Waals surface area (Å²) in [6.45, 7) is 2.41. The van der Waals surface area contributed by atoms with Gasteiger partial charge in [0, 0.05) is 17.4 Å². The van der Waals surface area contributed by atoms with Crippen molar-refractivity contribution in [2.24, 2.45) is 0 Å². The van der Waals surface area contributed by atoms with Crippen LogP contribution in [0.1, 0.15) is 17.0 Å². The number of nitrogens with one attached hydrogen (secondary N) is 2. The average Bonchev–Trinajstić information content (AvgIpc) is 3.06. The van der Waals surface area contributed by atoms with Crippen LogP contribution >= 0.6 is 0 Å². The SMILES string of the molecule is Cc1cc(Nc2cccc(C#N)c2)nc(NCc2ccco2)n1. The van der Waals surface area contributed by atoms with Crippen LogP contribution in [0.4, 0.5) is 17.5 Å². The van der Waals surface area contributed by atoms with Gasteiger partial charge >= 0.3 is 0 Å². The first kappa shape index (κ1) is 14.6. The molecular formula is C17H15N5O. The van der Waals surface area contributed by atoms with E-state index >= 15 is 0 Å². The summed E-state index contributed by atoms with van der Waals surface area (Å²) in [4.78, 5) is 8.78. The Hall–Kier alpha value is -3.33. The molecule has 0 atom stereocenters. The summed E-state index contributed by atoms with van der Waals surface area (Å²) >= 11 is 0. The largest absolute Gasteiger partial charge is 0.467 e. The number of benzene rings is 1. The summed E-state index contributed by atoms with van der Waals surface area (Å²) in [5.41, 5.74) is 2.23. The molecule has 1 aromatic carbocycles. The molecule has 2 heterocycles. The molecule has 3 rings (SSSR count). The van der Waals surface area contributed by atoms with Gasteiger partial charge in [0.2, 0.25) is 5.95 Å². The molecule has 0 fully saturated rings. The Kier molecular flexibility index (Phi) is 4.20.